The zero-order valence-corrected chi connectivity index (χ0v) is 28.8. The summed E-state index contributed by atoms with van der Waals surface area (Å²) in [5.41, 5.74) is 6.71. The average molecular weight is 618 g/mol. The lowest BCUT2D eigenvalue weighted by Gasteiger charge is -2.28. The van der Waals surface area contributed by atoms with Crippen molar-refractivity contribution in [2.75, 3.05) is 0 Å². The Kier molecular flexibility index (Phi) is 19.7. The smallest absolute Gasteiger partial charge is 0.334 e. The van der Waals surface area contributed by atoms with Gasteiger partial charge in [0.1, 0.15) is 12.1 Å². The highest BCUT2D eigenvalue weighted by Gasteiger charge is 2.33. The number of nitrogens with two attached hydrogens (primary N) is 1. The monoisotopic (exact) mass is 617 g/mol. The Labute approximate surface area is 267 Å². The van der Waals surface area contributed by atoms with E-state index >= 15 is 0 Å². The molecule has 3 atom stereocenters. The highest BCUT2D eigenvalue weighted by Crippen LogP contribution is 2.31. The van der Waals surface area contributed by atoms with E-state index < -0.39 is 35.9 Å². The summed E-state index contributed by atoms with van der Waals surface area (Å²) in [6.07, 6.45) is 17.3. The van der Waals surface area contributed by atoms with Crippen molar-refractivity contribution in [3.63, 3.8) is 0 Å². The molecular weight excluding hydrogens is 554 g/mol. The van der Waals surface area contributed by atoms with Crippen molar-refractivity contribution in [3.8, 4) is 11.5 Å². The number of esters is 1. The number of para-hydroxylation sites is 1. The number of benzene rings is 1. The highest BCUT2D eigenvalue weighted by atomic mass is 16.5. The van der Waals surface area contributed by atoms with Crippen LogP contribution in [0.1, 0.15) is 138 Å². The summed E-state index contributed by atoms with van der Waals surface area (Å²) in [6, 6.07) is 2.61. The first-order valence-electron chi connectivity index (χ1n) is 17.3. The van der Waals surface area contributed by atoms with Gasteiger partial charge in [-0.3, -0.25) is 9.59 Å². The van der Waals surface area contributed by atoms with Gasteiger partial charge in [-0.2, -0.15) is 0 Å². The van der Waals surface area contributed by atoms with Gasteiger partial charge in [0.15, 0.2) is 11.5 Å². The Bertz CT molecular complexity index is 979. The zero-order valence-electron chi connectivity index (χ0n) is 28.8. The Hall–Kier alpha value is -2.61. The fourth-order valence-electron chi connectivity index (χ4n) is 5.18. The van der Waals surface area contributed by atoms with Crippen molar-refractivity contribution >= 4 is 17.8 Å². The molecule has 0 radical (unpaired) electrons. The predicted octanol–water partition coefficient (Wildman–Crippen LogP) is 7.20. The molecule has 8 heteroatoms. The van der Waals surface area contributed by atoms with Gasteiger partial charge < -0.3 is 26.2 Å². The molecule has 0 aliphatic heterocycles. The molecule has 0 fully saturated rings. The SMILES string of the molecule is CCCCCCCCCCCCCCCc1cccc(OC(=O)[C@@H](NC(=O)[C@@H](NC(=O)[C@@H](N)C(C)C)C(C)C)C(C)C)c1O. The largest absolute Gasteiger partial charge is 0.504 e. The van der Waals surface area contributed by atoms with Crippen molar-refractivity contribution in [2.45, 2.75) is 156 Å². The van der Waals surface area contributed by atoms with Gasteiger partial charge >= 0.3 is 5.97 Å². The molecule has 44 heavy (non-hydrogen) atoms. The number of rotatable bonds is 23. The summed E-state index contributed by atoms with van der Waals surface area (Å²) >= 11 is 0. The maximum absolute atomic E-state index is 13.2. The third-order valence-corrected chi connectivity index (χ3v) is 8.33. The van der Waals surface area contributed by atoms with E-state index in [0.29, 0.717) is 6.42 Å². The van der Waals surface area contributed by atoms with Crippen LogP contribution in [0.2, 0.25) is 0 Å². The van der Waals surface area contributed by atoms with Gasteiger partial charge in [-0.25, -0.2) is 4.79 Å². The Morgan fingerprint density at radius 2 is 1.18 bits per heavy atom. The highest BCUT2D eigenvalue weighted by molar-refractivity contribution is 5.92. The minimum absolute atomic E-state index is 0.0383. The van der Waals surface area contributed by atoms with Crippen LogP contribution in [0.5, 0.6) is 11.5 Å². The first kappa shape index (κ1) is 39.4. The Morgan fingerprint density at radius 1 is 0.705 bits per heavy atom. The predicted molar refractivity (Wildman–Crippen MR) is 179 cm³/mol. The number of ether oxygens (including phenoxy) is 1. The molecule has 252 valence electrons. The zero-order chi connectivity index (χ0) is 33.1. The number of amides is 2. The molecule has 0 aromatic heterocycles. The van der Waals surface area contributed by atoms with Gasteiger partial charge in [0.2, 0.25) is 11.8 Å². The fraction of sp³-hybridized carbons (Fsp3) is 0.750. The molecular formula is C36H63N3O5. The molecule has 0 unspecified atom stereocenters. The van der Waals surface area contributed by atoms with Crippen molar-refractivity contribution in [3.05, 3.63) is 23.8 Å². The fourth-order valence-corrected chi connectivity index (χ4v) is 5.18. The van der Waals surface area contributed by atoms with Crippen LogP contribution in [-0.4, -0.2) is 41.0 Å². The van der Waals surface area contributed by atoms with Crippen LogP contribution in [0.4, 0.5) is 0 Å². The molecule has 0 aliphatic carbocycles. The van der Waals surface area contributed by atoms with E-state index in [1.54, 1.807) is 26.0 Å². The van der Waals surface area contributed by atoms with Crippen LogP contribution >= 0.6 is 0 Å². The van der Waals surface area contributed by atoms with Crippen LogP contribution < -0.4 is 21.1 Å². The quantitative estimate of drug-likeness (QED) is 0.0584. The normalized spacial score (nSPS) is 13.6. The van der Waals surface area contributed by atoms with Crippen LogP contribution in [-0.2, 0) is 20.8 Å². The molecule has 2 amide bonds. The van der Waals surface area contributed by atoms with Crippen molar-refractivity contribution in [2.24, 2.45) is 23.5 Å². The standard InChI is InChI=1S/C36H63N3O5/c1-8-9-10-11-12-13-14-15-16-17-18-19-20-22-28-23-21-24-29(33(28)40)44-36(43)32(27(6)7)39-35(42)31(26(4)5)38-34(41)30(37)25(2)3/h21,23-27,30-32,40H,8-20,22,37H2,1-7H3,(H,38,41)(H,39,42)/t30-,31-,32-/m0/s1. The van der Waals surface area contributed by atoms with Crippen LogP contribution in [0.15, 0.2) is 18.2 Å². The third-order valence-electron chi connectivity index (χ3n) is 8.33. The molecule has 0 spiro atoms. The van der Waals surface area contributed by atoms with Gasteiger partial charge in [-0.15, -0.1) is 0 Å². The average Bonchev–Trinajstić information content (AvgIpc) is 2.97. The minimum Gasteiger partial charge on any atom is -0.504 e. The number of nitrogens with one attached hydrogen (secondary N) is 2. The lowest BCUT2D eigenvalue weighted by atomic mass is 9.98. The Morgan fingerprint density at radius 3 is 1.66 bits per heavy atom. The molecule has 1 aromatic carbocycles. The van der Waals surface area contributed by atoms with Crippen molar-refractivity contribution in [1.29, 1.82) is 0 Å². The van der Waals surface area contributed by atoms with Crippen LogP contribution in [0.25, 0.3) is 0 Å². The first-order chi connectivity index (χ1) is 20.9. The van der Waals surface area contributed by atoms with E-state index in [4.69, 9.17) is 10.5 Å². The lowest BCUT2D eigenvalue weighted by molar-refractivity contribution is -0.141. The maximum Gasteiger partial charge on any atom is 0.334 e. The van der Waals surface area contributed by atoms with Crippen LogP contribution in [0, 0.1) is 17.8 Å². The number of aromatic hydroxyl groups is 1. The topological polar surface area (TPSA) is 131 Å². The second-order valence-electron chi connectivity index (χ2n) is 13.4. The third kappa shape index (κ3) is 14.9. The molecule has 1 aromatic rings. The summed E-state index contributed by atoms with van der Waals surface area (Å²) < 4.78 is 5.61. The van der Waals surface area contributed by atoms with E-state index in [1.807, 2.05) is 33.8 Å². The lowest BCUT2D eigenvalue weighted by Crippen LogP contribution is -2.58. The first-order valence-corrected chi connectivity index (χ1v) is 17.3. The maximum atomic E-state index is 13.2. The van der Waals surface area contributed by atoms with Gasteiger partial charge in [0, 0.05) is 0 Å². The second-order valence-corrected chi connectivity index (χ2v) is 13.4. The molecule has 5 N–H and O–H groups in total. The summed E-state index contributed by atoms with van der Waals surface area (Å²) in [5.74, 6) is -2.13. The van der Waals surface area contributed by atoms with Gasteiger partial charge in [0.25, 0.3) is 0 Å². The Balaban J connectivity index is 2.60. The summed E-state index contributed by atoms with van der Waals surface area (Å²) in [4.78, 5) is 38.9. The summed E-state index contributed by atoms with van der Waals surface area (Å²) in [7, 11) is 0. The summed E-state index contributed by atoms with van der Waals surface area (Å²) in [5, 5.41) is 16.3. The van der Waals surface area contributed by atoms with E-state index in [2.05, 4.69) is 17.6 Å². The van der Waals surface area contributed by atoms with E-state index in [0.717, 1.165) is 18.4 Å². The number of aryl methyl sites for hydroxylation is 1. The number of phenols is 1. The van der Waals surface area contributed by atoms with E-state index in [9.17, 15) is 19.5 Å². The molecule has 1 rings (SSSR count). The van der Waals surface area contributed by atoms with Gasteiger partial charge in [-0.05, 0) is 42.2 Å². The van der Waals surface area contributed by atoms with E-state index in [-0.39, 0.29) is 29.3 Å². The minimum atomic E-state index is -0.969. The molecule has 0 aliphatic rings. The number of carbonyl (C=O) groups is 3. The molecule has 0 bridgehead atoms. The van der Waals surface area contributed by atoms with Crippen LogP contribution in [0.3, 0.4) is 0 Å². The number of unbranched alkanes of at least 4 members (excludes halogenated alkanes) is 12. The number of carbonyl (C=O) groups excluding carboxylic acids is 3. The van der Waals surface area contributed by atoms with Crippen molar-refractivity contribution in [1.82, 2.24) is 10.6 Å². The molecule has 0 saturated carbocycles. The number of hydrogen-bond acceptors (Lipinski definition) is 6. The number of phenolic OH excluding ortho intramolecular Hbond substituents is 1. The number of hydrogen-bond donors (Lipinski definition) is 4. The van der Waals surface area contributed by atoms with Gasteiger partial charge in [0.05, 0.1) is 6.04 Å². The molecule has 0 heterocycles. The summed E-state index contributed by atoms with van der Waals surface area (Å²) in [6.45, 7) is 13.2. The second kappa shape index (κ2) is 22.0. The molecule has 8 nitrogen and oxygen atoms in total. The van der Waals surface area contributed by atoms with Gasteiger partial charge in [-0.1, -0.05) is 138 Å². The van der Waals surface area contributed by atoms with E-state index in [1.165, 1.54) is 70.6 Å². The van der Waals surface area contributed by atoms with Crippen molar-refractivity contribution < 1.29 is 24.2 Å². The molecule has 0 saturated heterocycles.